The first-order valence-electron chi connectivity index (χ1n) is 9.32. The van der Waals surface area contributed by atoms with Crippen molar-refractivity contribution in [3.8, 4) is 0 Å². The van der Waals surface area contributed by atoms with E-state index in [9.17, 15) is 9.59 Å². The van der Waals surface area contributed by atoms with Crippen LogP contribution in [0.4, 0.5) is 10.1 Å². The molecule has 0 aromatic heterocycles. The number of halogens is 1. The van der Waals surface area contributed by atoms with E-state index >= 15 is 4.39 Å². The molecular weight excluding hydrogens is 335 g/mol. The van der Waals surface area contributed by atoms with Gasteiger partial charge >= 0.3 is 12.3 Å². The van der Waals surface area contributed by atoms with Crippen LogP contribution >= 0.6 is 0 Å². The molecule has 3 unspecified atom stereocenters. The molecule has 0 radical (unpaired) electrons. The summed E-state index contributed by atoms with van der Waals surface area (Å²) >= 11 is 0. The normalized spacial score (nSPS) is 24.0. The molecule has 1 aromatic carbocycles. The van der Waals surface area contributed by atoms with Gasteiger partial charge in [-0.1, -0.05) is 25.1 Å². The first kappa shape index (κ1) is 20.4. The lowest BCUT2D eigenvalue weighted by atomic mass is 9.95. The molecule has 26 heavy (non-hydrogen) atoms. The van der Waals surface area contributed by atoms with Crippen LogP contribution < -0.4 is 5.32 Å². The molecule has 0 spiro atoms. The Morgan fingerprint density at radius 3 is 2.54 bits per heavy atom. The summed E-state index contributed by atoms with van der Waals surface area (Å²) in [5.74, 6) is -1.12. The Labute approximate surface area is 155 Å². The molecule has 1 amide bonds. The van der Waals surface area contributed by atoms with Gasteiger partial charge in [0.15, 0.2) is 6.04 Å². The van der Waals surface area contributed by atoms with Crippen molar-refractivity contribution < 1.29 is 23.2 Å². The Balaban J connectivity index is 2.36. The van der Waals surface area contributed by atoms with E-state index in [-0.39, 0.29) is 10.4 Å². The minimum absolute atomic E-state index is 0.167. The molecule has 1 aliphatic heterocycles. The van der Waals surface area contributed by atoms with Gasteiger partial charge < -0.3 is 10.1 Å². The molecule has 5 nitrogen and oxygen atoms in total. The summed E-state index contributed by atoms with van der Waals surface area (Å²) in [5.41, 5.74) is 2.70. The number of aryl methyl sites for hydroxylation is 2. The van der Waals surface area contributed by atoms with Gasteiger partial charge in [0.1, 0.15) is 0 Å². The lowest BCUT2D eigenvalue weighted by Gasteiger charge is -2.47. The number of carbonyl (C=O) groups is 2. The number of rotatable bonds is 6. The minimum atomic E-state index is -1.84. The van der Waals surface area contributed by atoms with Gasteiger partial charge in [0, 0.05) is 12.1 Å². The van der Waals surface area contributed by atoms with Crippen LogP contribution in [-0.4, -0.2) is 48.9 Å². The number of anilines is 1. The highest BCUT2D eigenvalue weighted by Crippen LogP contribution is 2.33. The third-order valence-corrected chi connectivity index (χ3v) is 5.44. The standard InChI is InChI=1S/C20H29FN2O3/c1-5-12-23(18(21)20(25)26-4)13-7-6-11-16(23)19(24)22-17-14(2)9-8-10-15(17)3/h8-10,16,18H,5-7,11-13H2,1-4H3/p+1. The smallest absolute Gasteiger partial charge is 0.399 e. The van der Waals surface area contributed by atoms with Crippen LogP contribution in [-0.2, 0) is 14.3 Å². The Hall–Kier alpha value is -1.95. The first-order chi connectivity index (χ1) is 12.4. The molecule has 144 valence electrons. The number of hydrogen-bond donors (Lipinski definition) is 1. The first-order valence-corrected chi connectivity index (χ1v) is 9.32. The number of carbonyl (C=O) groups excluding carboxylic acids is 2. The zero-order chi connectivity index (χ0) is 19.3. The number of methoxy groups -OCH3 is 1. The fraction of sp³-hybridized carbons (Fsp3) is 0.600. The number of ether oxygens (including phenoxy) is 1. The molecule has 0 bridgehead atoms. The number of hydrogen-bond acceptors (Lipinski definition) is 3. The van der Waals surface area contributed by atoms with Crippen molar-refractivity contribution in [3.05, 3.63) is 29.3 Å². The highest BCUT2D eigenvalue weighted by atomic mass is 19.1. The number of quaternary nitrogens is 1. The lowest BCUT2D eigenvalue weighted by molar-refractivity contribution is -0.974. The quantitative estimate of drug-likeness (QED) is 0.477. The highest BCUT2D eigenvalue weighted by molar-refractivity contribution is 5.95. The topological polar surface area (TPSA) is 55.4 Å². The Kier molecular flexibility index (Phi) is 6.75. The number of amides is 1. The number of benzene rings is 1. The van der Waals surface area contributed by atoms with Gasteiger partial charge in [-0.15, -0.1) is 0 Å². The average Bonchev–Trinajstić information content (AvgIpc) is 2.64. The predicted octanol–water partition coefficient (Wildman–Crippen LogP) is 3.49. The van der Waals surface area contributed by atoms with Crippen LogP contribution in [0, 0.1) is 13.8 Å². The number of para-hydroxylation sites is 1. The maximum atomic E-state index is 15.2. The number of piperidine rings is 1. The summed E-state index contributed by atoms with van der Waals surface area (Å²) in [4.78, 5) is 25.1. The van der Waals surface area contributed by atoms with Gasteiger partial charge in [0.05, 0.1) is 20.2 Å². The third-order valence-electron chi connectivity index (χ3n) is 5.44. The second kappa shape index (κ2) is 8.62. The fourth-order valence-corrected chi connectivity index (χ4v) is 4.12. The predicted molar refractivity (Wildman–Crippen MR) is 99.4 cm³/mol. The Bertz CT molecular complexity index is 640. The van der Waals surface area contributed by atoms with E-state index in [4.69, 9.17) is 0 Å². The summed E-state index contributed by atoms with van der Waals surface area (Å²) < 4.78 is 19.6. The zero-order valence-corrected chi connectivity index (χ0v) is 16.2. The minimum Gasteiger partial charge on any atom is -0.462 e. The van der Waals surface area contributed by atoms with E-state index in [2.05, 4.69) is 10.1 Å². The van der Waals surface area contributed by atoms with Crippen molar-refractivity contribution in [3.63, 3.8) is 0 Å². The summed E-state index contributed by atoms with van der Waals surface area (Å²) in [6.07, 6.45) is 1.06. The third kappa shape index (κ3) is 3.90. The van der Waals surface area contributed by atoms with Crippen LogP contribution in [0.1, 0.15) is 43.7 Å². The zero-order valence-electron chi connectivity index (χ0n) is 16.2. The summed E-state index contributed by atoms with van der Waals surface area (Å²) in [5, 5.41) is 3.00. The summed E-state index contributed by atoms with van der Waals surface area (Å²) in [7, 11) is 1.19. The second-order valence-electron chi connectivity index (χ2n) is 7.18. The summed E-state index contributed by atoms with van der Waals surface area (Å²) in [6, 6.07) is 5.21. The van der Waals surface area contributed by atoms with Crippen LogP contribution in [0.15, 0.2) is 18.2 Å². The molecule has 1 heterocycles. The fourth-order valence-electron chi connectivity index (χ4n) is 4.12. The van der Waals surface area contributed by atoms with E-state index < -0.39 is 18.3 Å². The largest absolute Gasteiger partial charge is 0.462 e. The average molecular weight is 365 g/mol. The maximum absolute atomic E-state index is 15.2. The van der Waals surface area contributed by atoms with E-state index in [1.807, 2.05) is 39.0 Å². The van der Waals surface area contributed by atoms with Crippen molar-refractivity contribution >= 4 is 17.6 Å². The molecule has 0 aliphatic carbocycles. The molecular formula is C20H30FN2O3+. The van der Waals surface area contributed by atoms with Crippen LogP contribution in [0.3, 0.4) is 0 Å². The number of nitrogens with zero attached hydrogens (tertiary/aromatic N) is 1. The molecule has 0 saturated carbocycles. The van der Waals surface area contributed by atoms with Crippen molar-refractivity contribution in [2.24, 2.45) is 0 Å². The van der Waals surface area contributed by atoms with Gasteiger partial charge in [0.2, 0.25) is 0 Å². The number of likely N-dealkylation sites (tertiary alicyclic amines) is 1. The Morgan fingerprint density at radius 2 is 1.96 bits per heavy atom. The van der Waals surface area contributed by atoms with E-state index in [1.165, 1.54) is 7.11 Å². The molecule has 1 fully saturated rings. The van der Waals surface area contributed by atoms with E-state index in [1.54, 1.807) is 0 Å². The molecule has 2 rings (SSSR count). The highest BCUT2D eigenvalue weighted by Gasteiger charge is 2.52. The van der Waals surface area contributed by atoms with Crippen molar-refractivity contribution in [2.45, 2.75) is 58.8 Å². The maximum Gasteiger partial charge on any atom is 0.399 e. The van der Waals surface area contributed by atoms with Gasteiger partial charge in [0.25, 0.3) is 5.91 Å². The van der Waals surface area contributed by atoms with Crippen LogP contribution in [0.5, 0.6) is 0 Å². The number of esters is 1. The molecule has 1 N–H and O–H groups in total. The molecule has 6 heteroatoms. The lowest BCUT2D eigenvalue weighted by Crippen LogP contribution is -2.68. The van der Waals surface area contributed by atoms with Crippen LogP contribution in [0.25, 0.3) is 0 Å². The molecule has 1 saturated heterocycles. The van der Waals surface area contributed by atoms with Crippen molar-refractivity contribution in [2.75, 3.05) is 25.5 Å². The molecule has 3 atom stereocenters. The van der Waals surface area contributed by atoms with Crippen LogP contribution in [0.2, 0.25) is 0 Å². The van der Waals surface area contributed by atoms with Gasteiger partial charge in [-0.3, -0.25) is 9.28 Å². The van der Waals surface area contributed by atoms with Gasteiger partial charge in [-0.2, -0.15) is 4.39 Å². The van der Waals surface area contributed by atoms with E-state index in [0.717, 1.165) is 29.7 Å². The van der Waals surface area contributed by atoms with E-state index in [0.29, 0.717) is 25.9 Å². The number of alkyl halides is 1. The Morgan fingerprint density at radius 1 is 1.31 bits per heavy atom. The van der Waals surface area contributed by atoms with Gasteiger partial charge in [-0.25, -0.2) is 4.79 Å². The van der Waals surface area contributed by atoms with Crippen molar-refractivity contribution in [1.82, 2.24) is 0 Å². The second-order valence-corrected chi connectivity index (χ2v) is 7.18. The monoisotopic (exact) mass is 365 g/mol. The summed E-state index contributed by atoms with van der Waals surface area (Å²) in [6.45, 7) is 6.71. The van der Waals surface area contributed by atoms with Crippen molar-refractivity contribution in [1.29, 1.82) is 0 Å². The SMILES string of the molecule is CCC[N+]1(C(F)C(=O)OC)CCCCC1C(=O)Nc1c(C)cccc1C. The molecule has 1 aromatic rings. The molecule has 1 aliphatic rings. The van der Waals surface area contributed by atoms with Gasteiger partial charge in [-0.05, 0) is 44.2 Å². The number of nitrogens with one attached hydrogen (secondary N) is 1.